The van der Waals surface area contributed by atoms with E-state index in [2.05, 4.69) is 24.0 Å². The molecule has 2 atom stereocenters. The van der Waals surface area contributed by atoms with Crippen LogP contribution < -0.4 is 0 Å². The number of non-ortho nitro benzene ring substituents is 1. The Morgan fingerprint density at radius 3 is 2.86 bits per heavy atom. The Kier molecular flexibility index (Phi) is 4.92. The van der Waals surface area contributed by atoms with Crippen molar-refractivity contribution in [2.24, 2.45) is 0 Å². The minimum Gasteiger partial charge on any atom is -0.350 e. The second-order valence-electron chi connectivity index (χ2n) is 6.99. The molecule has 0 aromatic heterocycles. The van der Waals surface area contributed by atoms with Crippen LogP contribution in [0.4, 0.5) is 5.69 Å². The lowest BCUT2D eigenvalue weighted by Gasteiger charge is -2.28. The Hall–Kier alpha value is -2.33. The van der Waals surface area contributed by atoms with E-state index in [1.807, 2.05) is 6.07 Å². The summed E-state index contributed by atoms with van der Waals surface area (Å²) in [5, 5.41) is 10.8. The molecular weight excluding hydrogens is 384 g/mol. The van der Waals surface area contributed by atoms with Gasteiger partial charge in [-0.2, -0.15) is 8.42 Å². The summed E-state index contributed by atoms with van der Waals surface area (Å²) in [6.45, 7) is 3.59. The van der Waals surface area contributed by atoms with Gasteiger partial charge in [0, 0.05) is 25.2 Å². The van der Waals surface area contributed by atoms with Crippen LogP contribution in [0.3, 0.4) is 0 Å². The fourth-order valence-corrected chi connectivity index (χ4v) is 4.55. The molecule has 8 nitrogen and oxygen atoms in total. The number of ether oxygens (including phenoxy) is 1. The summed E-state index contributed by atoms with van der Waals surface area (Å²) in [4.78, 5) is 12.1. The Morgan fingerprint density at radius 1 is 1.29 bits per heavy atom. The molecule has 9 heteroatoms. The van der Waals surface area contributed by atoms with Crippen molar-refractivity contribution >= 4 is 15.8 Å². The second kappa shape index (κ2) is 7.25. The normalized spacial score (nSPS) is 21.9. The topological polar surface area (TPSA) is 102 Å². The smallest absolute Gasteiger partial charge is 0.297 e. The molecule has 1 fully saturated rings. The molecule has 0 spiro atoms. The first-order chi connectivity index (χ1) is 13.3. The molecule has 2 aliphatic rings. The Labute approximate surface area is 163 Å². The van der Waals surface area contributed by atoms with Gasteiger partial charge in [0.2, 0.25) is 0 Å². The molecule has 2 aromatic rings. The zero-order valence-electron chi connectivity index (χ0n) is 15.3. The summed E-state index contributed by atoms with van der Waals surface area (Å²) < 4.78 is 35.3. The van der Waals surface area contributed by atoms with Gasteiger partial charge >= 0.3 is 0 Å². The van der Waals surface area contributed by atoms with E-state index in [0.29, 0.717) is 0 Å². The largest absolute Gasteiger partial charge is 0.350 e. The van der Waals surface area contributed by atoms with Crippen LogP contribution in [-0.4, -0.2) is 43.7 Å². The molecule has 2 heterocycles. The van der Waals surface area contributed by atoms with Crippen molar-refractivity contribution in [3.63, 3.8) is 0 Å². The van der Waals surface area contributed by atoms with Crippen molar-refractivity contribution in [3.8, 4) is 0 Å². The van der Waals surface area contributed by atoms with Gasteiger partial charge in [-0.3, -0.25) is 19.2 Å². The summed E-state index contributed by atoms with van der Waals surface area (Å²) in [5.41, 5.74) is 3.63. The Bertz CT molecular complexity index is 1020. The zero-order valence-corrected chi connectivity index (χ0v) is 16.1. The van der Waals surface area contributed by atoms with Gasteiger partial charge in [0.05, 0.1) is 11.5 Å². The molecule has 148 valence electrons. The van der Waals surface area contributed by atoms with Crippen LogP contribution in [0.5, 0.6) is 0 Å². The number of hydrogen-bond donors (Lipinski definition) is 0. The lowest BCUT2D eigenvalue weighted by molar-refractivity contribution is -0.385. The number of aryl methyl sites for hydroxylation is 1. The molecule has 0 radical (unpaired) electrons. The first kappa shape index (κ1) is 19.0. The first-order valence-electron chi connectivity index (χ1n) is 8.96. The van der Waals surface area contributed by atoms with E-state index in [1.165, 1.54) is 34.9 Å². The van der Waals surface area contributed by atoms with Crippen molar-refractivity contribution < 1.29 is 22.3 Å². The van der Waals surface area contributed by atoms with Crippen LogP contribution in [0.1, 0.15) is 16.7 Å². The SMILES string of the molecule is Cc1cccc2c1CCN(C1O[C@@H]1COS(=O)(=O)c1cccc([N+](=O)[O-])c1)C2. The molecule has 0 saturated carbocycles. The fourth-order valence-electron chi connectivity index (χ4n) is 3.59. The third kappa shape index (κ3) is 3.79. The highest BCUT2D eigenvalue weighted by Crippen LogP contribution is 2.32. The molecule has 0 aliphatic carbocycles. The lowest BCUT2D eigenvalue weighted by atomic mass is 9.95. The van der Waals surface area contributed by atoms with Crippen molar-refractivity contribution in [3.05, 3.63) is 69.3 Å². The van der Waals surface area contributed by atoms with E-state index in [4.69, 9.17) is 8.92 Å². The maximum absolute atomic E-state index is 12.3. The van der Waals surface area contributed by atoms with Crippen LogP contribution >= 0.6 is 0 Å². The van der Waals surface area contributed by atoms with Gasteiger partial charge in [-0.1, -0.05) is 24.3 Å². The number of epoxide rings is 1. The average molecular weight is 404 g/mol. The second-order valence-corrected chi connectivity index (χ2v) is 8.61. The number of fused-ring (bicyclic) bond motifs is 1. The third-order valence-electron chi connectivity index (χ3n) is 5.15. The lowest BCUT2D eigenvalue weighted by Crippen LogP contribution is -2.35. The van der Waals surface area contributed by atoms with Gasteiger partial charge < -0.3 is 4.74 Å². The van der Waals surface area contributed by atoms with Gasteiger partial charge in [0.15, 0.2) is 0 Å². The van der Waals surface area contributed by atoms with Crippen LogP contribution in [-0.2, 0) is 32.0 Å². The highest BCUT2D eigenvalue weighted by molar-refractivity contribution is 7.86. The first-order valence-corrected chi connectivity index (χ1v) is 10.4. The molecule has 1 unspecified atom stereocenters. The minimum atomic E-state index is -4.08. The minimum absolute atomic E-state index is 0.118. The fraction of sp³-hybridized carbons (Fsp3) is 0.368. The predicted octanol–water partition coefficient (Wildman–Crippen LogP) is 2.39. The van der Waals surface area contributed by atoms with E-state index in [1.54, 1.807) is 0 Å². The molecule has 1 saturated heterocycles. The molecule has 0 bridgehead atoms. The molecule has 2 aliphatic heterocycles. The van der Waals surface area contributed by atoms with E-state index in [9.17, 15) is 18.5 Å². The summed E-state index contributed by atoms with van der Waals surface area (Å²) >= 11 is 0. The van der Waals surface area contributed by atoms with Gasteiger partial charge in [-0.05, 0) is 36.1 Å². The standard InChI is InChI=1S/C19H20N2O6S/c1-13-4-2-5-14-11-20(9-8-17(13)14)19-18(27-19)12-26-28(24,25)16-7-3-6-15(10-16)21(22)23/h2-7,10,18-19H,8-9,11-12H2,1H3/t18-,19?/m1/s1. The van der Waals surface area contributed by atoms with Crippen molar-refractivity contribution in [2.45, 2.75) is 37.1 Å². The summed E-state index contributed by atoms with van der Waals surface area (Å²) in [6.07, 6.45) is 0.426. The summed E-state index contributed by atoms with van der Waals surface area (Å²) in [7, 11) is -4.08. The van der Waals surface area contributed by atoms with E-state index in [0.717, 1.165) is 25.6 Å². The maximum atomic E-state index is 12.3. The van der Waals surface area contributed by atoms with Crippen molar-refractivity contribution in [1.29, 1.82) is 0 Å². The Morgan fingerprint density at radius 2 is 2.07 bits per heavy atom. The summed E-state index contributed by atoms with van der Waals surface area (Å²) in [6, 6.07) is 11.1. The average Bonchev–Trinajstić information content (AvgIpc) is 3.46. The quantitative estimate of drug-likeness (QED) is 0.315. The van der Waals surface area contributed by atoms with E-state index < -0.39 is 15.0 Å². The number of nitro benzene ring substituents is 1. The van der Waals surface area contributed by atoms with E-state index in [-0.39, 0.29) is 29.5 Å². The Balaban J connectivity index is 1.36. The maximum Gasteiger partial charge on any atom is 0.297 e. The molecule has 28 heavy (non-hydrogen) atoms. The van der Waals surface area contributed by atoms with Gasteiger partial charge in [0.25, 0.3) is 15.8 Å². The third-order valence-corrected chi connectivity index (χ3v) is 6.43. The number of benzene rings is 2. The number of rotatable bonds is 6. The number of nitro groups is 1. The molecule has 2 aromatic carbocycles. The highest BCUT2D eigenvalue weighted by atomic mass is 32.2. The number of nitrogens with zero attached hydrogens (tertiary/aromatic N) is 2. The monoisotopic (exact) mass is 404 g/mol. The van der Waals surface area contributed by atoms with Crippen molar-refractivity contribution in [1.82, 2.24) is 4.90 Å². The highest BCUT2D eigenvalue weighted by Gasteiger charge is 2.45. The van der Waals surface area contributed by atoms with E-state index >= 15 is 0 Å². The van der Waals surface area contributed by atoms with Gasteiger partial charge in [-0.15, -0.1) is 0 Å². The van der Waals surface area contributed by atoms with Gasteiger partial charge in [0.1, 0.15) is 17.2 Å². The molecular formula is C19H20N2O6S. The van der Waals surface area contributed by atoms with Crippen molar-refractivity contribution in [2.75, 3.05) is 13.2 Å². The molecule has 0 N–H and O–H groups in total. The molecule has 4 rings (SSSR count). The van der Waals surface area contributed by atoms with Crippen LogP contribution in [0.15, 0.2) is 47.4 Å². The van der Waals surface area contributed by atoms with Crippen LogP contribution in [0.25, 0.3) is 0 Å². The van der Waals surface area contributed by atoms with Crippen LogP contribution in [0.2, 0.25) is 0 Å². The van der Waals surface area contributed by atoms with Crippen LogP contribution in [0, 0.1) is 17.0 Å². The zero-order chi connectivity index (χ0) is 19.9. The molecule has 0 amide bonds. The summed E-state index contributed by atoms with van der Waals surface area (Å²) in [5.74, 6) is 0. The predicted molar refractivity (Wildman–Crippen MR) is 100 cm³/mol. The van der Waals surface area contributed by atoms with Gasteiger partial charge in [-0.25, -0.2) is 0 Å². The number of hydrogen-bond acceptors (Lipinski definition) is 7.